The van der Waals surface area contributed by atoms with Crippen LogP contribution >= 0.6 is 0 Å². The first-order valence-electron chi connectivity index (χ1n) is 10.0. The lowest BCUT2D eigenvalue weighted by Crippen LogP contribution is -2.22. The molecule has 0 amide bonds. The van der Waals surface area contributed by atoms with E-state index in [0.29, 0.717) is 18.6 Å². The molecule has 1 aliphatic rings. The van der Waals surface area contributed by atoms with Crippen molar-refractivity contribution < 1.29 is 4.79 Å². The van der Waals surface area contributed by atoms with Gasteiger partial charge < -0.3 is 9.47 Å². The molecule has 0 radical (unpaired) electrons. The Labute approximate surface area is 171 Å². The molecule has 1 aliphatic carbocycles. The van der Waals surface area contributed by atoms with Crippen molar-refractivity contribution in [3.8, 4) is 11.1 Å². The molecule has 0 atom stereocenters. The smallest absolute Gasteiger partial charge is 0.253 e. The van der Waals surface area contributed by atoms with Crippen molar-refractivity contribution in [2.45, 2.75) is 32.7 Å². The molecular weight excluding hydrogens is 360 g/mol. The summed E-state index contributed by atoms with van der Waals surface area (Å²) in [6.07, 6.45) is 3.77. The molecule has 4 rings (SSSR count). The number of Topliss-reactive ketones (excluding diaryl/α,β-unsaturated/α-hetero) is 1. The summed E-state index contributed by atoms with van der Waals surface area (Å²) in [5.41, 5.74) is 7.59. The fraction of sp³-hybridized carbons (Fsp3) is 0.280. The number of aromatic nitrogens is 1. The highest BCUT2D eigenvalue weighted by Gasteiger charge is 2.22. The lowest BCUT2D eigenvalue weighted by molar-refractivity contribution is -0.118. The van der Waals surface area contributed by atoms with E-state index in [1.165, 1.54) is 11.1 Å². The highest BCUT2D eigenvalue weighted by atomic mass is 16.1. The fourth-order valence-electron chi connectivity index (χ4n) is 4.19. The number of hydrogen-bond acceptors (Lipinski definition) is 3. The van der Waals surface area contributed by atoms with E-state index in [2.05, 4.69) is 36.2 Å². The van der Waals surface area contributed by atoms with Crippen LogP contribution in [0.25, 0.3) is 11.1 Å². The number of hydrogen-bond donors (Lipinski definition) is 0. The van der Waals surface area contributed by atoms with Gasteiger partial charge in [-0.25, -0.2) is 0 Å². The molecule has 3 aromatic rings. The first-order chi connectivity index (χ1) is 13.9. The van der Waals surface area contributed by atoms with Crippen molar-refractivity contribution in [3.63, 3.8) is 0 Å². The number of pyridine rings is 1. The Morgan fingerprint density at radius 2 is 1.76 bits per heavy atom. The minimum absolute atomic E-state index is 0.0266. The van der Waals surface area contributed by atoms with Crippen LogP contribution in [0.4, 0.5) is 5.69 Å². The van der Waals surface area contributed by atoms with Gasteiger partial charge >= 0.3 is 0 Å². The van der Waals surface area contributed by atoms with Crippen LogP contribution in [-0.2, 0) is 31.2 Å². The second-order valence-corrected chi connectivity index (χ2v) is 8.02. The molecule has 29 heavy (non-hydrogen) atoms. The number of carbonyl (C=O) groups is 1. The first kappa shape index (κ1) is 19.2. The third-order valence-corrected chi connectivity index (χ3v) is 5.74. The summed E-state index contributed by atoms with van der Waals surface area (Å²) in [5, 5.41) is 0. The number of benzene rings is 2. The Bertz CT molecular complexity index is 1100. The van der Waals surface area contributed by atoms with Crippen molar-refractivity contribution >= 4 is 11.5 Å². The van der Waals surface area contributed by atoms with Crippen LogP contribution in [0.5, 0.6) is 0 Å². The van der Waals surface area contributed by atoms with Crippen LogP contribution < -0.4 is 10.5 Å². The summed E-state index contributed by atoms with van der Waals surface area (Å²) < 4.78 is 1.64. The largest absolute Gasteiger partial charge is 0.370 e. The van der Waals surface area contributed by atoms with Crippen molar-refractivity contribution in [1.82, 2.24) is 4.57 Å². The number of fused-ring (bicyclic) bond motifs is 1. The molecule has 0 saturated heterocycles. The second-order valence-electron chi connectivity index (χ2n) is 8.02. The molecule has 2 aromatic carbocycles. The molecule has 4 heteroatoms. The molecule has 1 aromatic heterocycles. The van der Waals surface area contributed by atoms with Crippen LogP contribution in [0.3, 0.4) is 0 Å². The Hall–Kier alpha value is -3.14. The molecule has 0 fully saturated rings. The Balaban J connectivity index is 1.82. The minimum Gasteiger partial charge on any atom is -0.370 e. The standard InChI is InChI=1S/C25H26N2O2/c1-17-11-21(16-27(3)25(17)29)20-12-19-9-10-22(28)14-23(19)24(13-20)26(2)15-18-7-5-4-6-8-18/h4-8,11-13,16H,9-10,14-15H2,1-3H3. The third-order valence-electron chi connectivity index (χ3n) is 5.74. The molecular formula is C25H26N2O2. The van der Waals surface area contributed by atoms with Crippen LogP contribution in [0, 0.1) is 6.92 Å². The molecule has 148 valence electrons. The SMILES string of the molecule is Cc1cc(-c2cc3c(c(N(C)Cc4ccccc4)c2)CC(=O)CC3)cn(C)c1=O. The van der Waals surface area contributed by atoms with Crippen LogP contribution in [0.1, 0.15) is 28.7 Å². The van der Waals surface area contributed by atoms with Gasteiger partial charge in [0.15, 0.2) is 0 Å². The van der Waals surface area contributed by atoms with Gasteiger partial charge in [-0.3, -0.25) is 9.59 Å². The normalized spacial score (nSPS) is 13.3. The van der Waals surface area contributed by atoms with Crippen LogP contribution in [0.2, 0.25) is 0 Å². The molecule has 0 bridgehead atoms. The molecule has 0 N–H and O–H groups in total. The average Bonchev–Trinajstić information content (AvgIpc) is 2.71. The minimum atomic E-state index is 0.0266. The molecule has 1 heterocycles. The van der Waals surface area contributed by atoms with Crippen molar-refractivity contribution in [1.29, 1.82) is 0 Å². The number of nitrogens with zero attached hydrogens (tertiary/aromatic N) is 2. The maximum atomic E-state index is 12.2. The zero-order chi connectivity index (χ0) is 20.5. The van der Waals surface area contributed by atoms with Crippen LogP contribution in [-0.4, -0.2) is 17.4 Å². The zero-order valence-electron chi connectivity index (χ0n) is 17.2. The van der Waals surface area contributed by atoms with Gasteiger partial charge in [0.1, 0.15) is 5.78 Å². The average molecular weight is 386 g/mol. The van der Waals surface area contributed by atoms with Gasteiger partial charge in [-0.15, -0.1) is 0 Å². The lowest BCUT2D eigenvalue weighted by Gasteiger charge is -2.27. The van der Waals surface area contributed by atoms with Gasteiger partial charge in [0.2, 0.25) is 0 Å². The first-order valence-corrected chi connectivity index (χ1v) is 10.0. The monoisotopic (exact) mass is 386 g/mol. The third kappa shape index (κ3) is 3.88. The topological polar surface area (TPSA) is 42.3 Å². The van der Waals surface area contributed by atoms with E-state index in [0.717, 1.165) is 40.9 Å². The molecule has 0 aliphatic heterocycles. The van der Waals surface area contributed by atoms with E-state index in [-0.39, 0.29) is 5.56 Å². The Morgan fingerprint density at radius 1 is 1.00 bits per heavy atom. The highest BCUT2D eigenvalue weighted by molar-refractivity contribution is 5.87. The fourth-order valence-corrected chi connectivity index (χ4v) is 4.19. The number of anilines is 1. The van der Waals surface area contributed by atoms with Gasteiger partial charge in [0, 0.05) is 50.9 Å². The van der Waals surface area contributed by atoms with E-state index in [1.54, 1.807) is 11.6 Å². The van der Waals surface area contributed by atoms with E-state index in [9.17, 15) is 9.59 Å². The lowest BCUT2D eigenvalue weighted by atomic mass is 9.86. The van der Waals surface area contributed by atoms with Gasteiger partial charge in [0.05, 0.1) is 0 Å². The predicted octanol–water partition coefficient (Wildman–Crippen LogP) is 4.05. The quantitative estimate of drug-likeness (QED) is 0.679. The molecule has 4 nitrogen and oxygen atoms in total. The van der Waals surface area contributed by atoms with Gasteiger partial charge in [-0.1, -0.05) is 36.4 Å². The maximum Gasteiger partial charge on any atom is 0.253 e. The number of aryl methyl sites for hydroxylation is 3. The van der Waals surface area contributed by atoms with Gasteiger partial charge in [-0.2, -0.15) is 0 Å². The Kier molecular flexibility index (Phi) is 5.10. The highest BCUT2D eigenvalue weighted by Crippen LogP contribution is 2.35. The van der Waals surface area contributed by atoms with E-state index >= 15 is 0 Å². The van der Waals surface area contributed by atoms with E-state index in [4.69, 9.17) is 0 Å². The summed E-state index contributed by atoms with van der Waals surface area (Å²) >= 11 is 0. The van der Waals surface area contributed by atoms with Crippen molar-refractivity contribution in [3.05, 3.63) is 87.3 Å². The van der Waals surface area contributed by atoms with Crippen molar-refractivity contribution in [2.75, 3.05) is 11.9 Å². The number of carbonyl (C=O) groups excluding carboxylic acids is 1. The summed E-state index contributed by atoms with van der Waals surface area (Å²) in [4.78, 5) is 26.5. The van der Waals surface area contributed by atoms with Gasteiger partial charge in [-0.05, 0) is 53.3 Å². The van der Waals surface area contributed by atoms with Gasteiger partial charge in [0.25, 0.3) is 5.56 Å². The molecule has 0 unspecified atom stereocenters. The maximum absolute atomic E-state index is 12.2. The predicted molar refractivity (Wildman–Crippen MR) is 117 cm³/mol. The number of ketones is 1. The van der Waals surface area contributed by atoms with E-state index in [1.807, 2.05) is 37.4 Å². The Morgan fingerprint density at radius 3 is 2.48 bits per heavy atom. The van der Waals surface area contributed by atoms with Crippen molar-refractivity contribution in [2.24, 2.45) is 7.05 Å². The molecule has 0 spiro atoms. The summed E-state index contributed by atoms with van der Waals surface area (Å²) in [6, 6.07) is 16.7. The zero-order valence-corrected chi connectivity index (χ0v) is 17.2. The van der Waals surface area contributed by atoms with E-state index < -0.39 is 0 Å². The summed E-state index contributed by atoms with van der Waals surface area (Å²) in [7, 11) is 3.87. The second kappa shape index (κ2) is 7.70. The number of rotatable bonds is 4. The van der Waals surface area contributed by atoms with Crippen LogP contribution in [0.15, 0.2) is 59.5 Å². The molecule has 0 saturated carbocycles. The summed E-state index contributed by atoms with van der Waals surface area (Å²) in [5.74, 6) is 0.303. The summed E-state index contributed by atoms with van der Waals surface area (Å²) in [6.45, 7) is 2.63.